The van der Waals surface area contributed by atoms with Crippen LogP contribution in [0.2, 0.25) is 0 Å². The SMILES string of the molecule is NC(=O)[C@H]1CCCN(CC(=O)NCc2ccccc2F)C1. The van der Waals surface area contributed by atoms with Crippen molar-refractivity contribution in [1.29, 1.82) is 0 Å². The number of hydrogen-bond donors (Lipinski definition) is 2. The van der Waals surface area contributed by atoms with E-state index in [1.54, 1.807) is 18.2 Å². The summed E-state index contributed by atoms with van der Waals surface area (Å²) in [5.74, 6) is -1.00. The van der Waals surface area contributed by atoms with Crippen LogP contribution in [0.1, 0.15) is 18.4 Å². The Morgan fingerprint density at radius 3 is 2.86 bits per heavy atom. The van der Waals surface area contributed by atoms with Crippen LogP contribution in [0.15, 0.2) is 24.3 Å². The number of amides is 2. The fourth-order valence-corrected chi connectivity index (χ4v) is 2.53. The van der Waals surface area contributed by atoms with Crippen molar-refractivity contribution in [3.8, 4) is 0 Å². The van der Waals surface area contributed by atoms with Crippen LogP contribution in [-0.4, -0.2) is 36.3 Å². The normalized spacial score (nSPS) is 19.2. The van der Waals surface area contributed by atoms with Crippen LogP contribution >= 0.6 is 0 Å². The zero-order chi connectivity index (χ0) is 15.2. The van der Waals surface area contributed by atoms with Crippen molar-refractivity contribution in [2.24, 2.45) is 11.7 Å². The van der Waals surface area contributed by atoms with Crippen LogP contribution in [-0.2, 0) is 16.1 Å². The zero-order valence-corrected chi connectivity index (χ0v) is 11.8. The third-order valence-electron chi connectivity index (χ3n) is 3.71. The van der Waals surface area contributed by atoms with E-state index in [9.17, 15) is 14.0 Å². The highest BCUT2D eigenvalue weighted by Crippen LogP contribution is 2.15. The Bertz CT molecular complexity index is 521. The lowest BCUT2D eigenvalue weighted by Gasteiger charge is -2.30. The Morgan fingerprint density at radius 2 is 2.14 bits per heavy atom. The van der Waals surface area contributed by atoms with Gasteiger partial charge in [-0.1, -0.05) is 18.2 Å². The van der Waals surface area contributed by atoms with Gasteiger partial charge in [-0.2, -0.15) is 0 Å². The van der Waals surface area contributed by atoms with Crippen molar-refractivity contribution in [2.45, 2.75) is 19.4 Å². The maximum absolute atomic E-state index is 13.4. The van der Waals surface area contributed by atoms with Crippen LogP contribution in [0.3, 0.4) is 0 Å². The number of nitrogens with one attached hydrogen (secondary N) is 1. The molecule has 1 aliphatic rings. The van der Waals surface area contributed by atoms with Gasteiger partial charge in [-0.3, -0.25) is 14.5 Å². The third kappa shape index (κ3) is 4.53. The predicted octanol–water partition coefficient (Wildman–Crippen LogP) is 0.639. The van der Waals surface area contributed by atoms with E-state index in [2.05, 4.69) is 5.32 Å². The van der Waals surface area contributed by atoms with Crippen LogP contribution in [0.5, 0.6) is 0 Å². The molecule has 1 fully saturated rings. The predicted molar refractivity (Wildman–Crippen MR) is 76.6 cm³/mol. The number of carbonyl (C=O) groups is 2. The highest BCUT2D eigenvalue weighted by molar-refractivity contribution is 5.79. The van der Waals surface area contributed by atoms with Crippen molar-refractivity contribution in [2.75, 3.05) is 19.6 Å². The minimum absolute atomic E-state index is 0.165. The molecule has 0 bridgehead atoms. The maximum atomic E-state index is 13.4. The van der Waals surface area contributed by atoms with Crippen molar-refractivity contribution in [3.05, 3.63) is 35.6 Å². The molecular weight excluding hydrogens is 273 g/mol. The van der Waals surface area contributed by atoms with Crippen molar-refractivity contribution < 1.29 is 14.0 Å². The summed E-state index contributed by atoms with van der Waals surface area (Å²) in [5.41, 5.74) is 5.76. The number of nitrogens with two attached hydrogens (primary N) is 1. The molecule has 5 nitrogen and oxygen atoms in total. The average Bonchev–Trinajstić information content (AvgIpc) is 2.46. The monoisotopic (exact) mass is 293 g/mol. The molecule has 0 spiro atoms. The molecule has 0 aliphatic carbocycles. The van der Waals surface area contributed by atoms with E-state index < -0.39 is 0 Å². The first kappa shape index (κ1) is 15.4. The lowest BCUT2D eigenvalue weighted by atomic mass is 9.97. The molecular formula is C15H20FN3O2. The lowest BCUT2D eigenvalue weighted by Crippen LogP contribution is -2.45. The van der Waals surface area contributed by atoms with Gasteiger partial charge < -0.3 is 11.1 Å². The van der Waals surface area contributed by atoms with Gasteiger partial charge >= 0.3 is 0 Å². The van der Waals surface area contributed by atoms with Gasteiger partial charge in [0.2, 0.25) is 11.8 Å². The smallest absolute Gasteiger partial charge is 0.234 e. The second kappa shape index (κ2) is 7.17. The number of rotatable bonds is 5. The Hall–Kier alpha value is -1.95. The van der Waals surface area contributed by atoms with Crippen molar-refractivity contribution in [3.63, 3.8) is 0 Å². The minimum Gasteiger partial charge on any atom is -0.369 e. The second-order valence-electron chi connectivity index (χ2n) is 5.34. The van der Waals surface area contributed by atoms with Gasteiger partial charge in [0.1, 0.15) is 5.82 Å². The first-order valence-corrected chi connectivity index (χ1v) is 7.08. The largest absolute Gasteiger partial charge is 0.369 e. The van der Waals surface area contributed by atoms with Crippen LogP contribution < -0.4 is 11.1 Å². The third-order valence-corrected chi connectivity index (χ3v) is 3.71. The fourth-order valence-electron chi connectivity index (χ4n) is 2.53. The van der Waals surface area contributed by atoms with E-state index in [0.29, 0.717) is 12.1 Å². The van der Waals surface area contributed by atoms with Gasteiger partial charge in [-0.15, -0.1) is 0 Å². The van der Waals surface area contributed by atoms with Crippen LogP contribution in [0, 0.1) is 11.7 Å². The van der Waals surface area contributed by atoms with E-state index in [1.165, 1.54) is 6.07 Å². The number of likely N-dealkylation sites (tertiary alicyclic amines) is 1. The number of halogens is 1. The Kier molecular flexibility index (Phi) is 5.27. The molecule has 21 heavy (non-hydrogen) atoms. The van der Waals surface area contributed by atoms with Gasteiger partial charge in [-0.05, 0) is 25.5 Å². The van der Waals surface area contributed by atoms with Crippen molar-refractivity contribution in [1.82, 2.24) is 10.2 Å². The van der Waals surface area contributed by atoms with E-state index in [4.69, 9.17) is 5.73 Å². The van der Waals surface area contributed by atoms with Gasteiger partial charge in [-0.25, -0.2) is 4.39 Å². The number of piperidine rings is 1. The highest BCUT2D eigenvalue weighted by Gasteiger charge is 2.24. The summed E-state index contributed by atoms with van der Waals surface area (Å²) >= 11 is 0. The molecule has 3 N–H and O–H groups in total. The molecule has 1 saturated heterocycles. The number of benzene rings is 1. The van der Waals surface area contributed by atoms with Gasteiger partial charge in [0.05, 0.1) is 12.5 Å². The van der Waals surface area contributed by atoms with E-state index >= 15 is 0 Å². The van der Waals surface area contributed by atoms with E-state index in [-0.39, 0.29) is 36.6 Å². The second-order valence-corrected chi connectivity index (χ2v) is 5.34. The summed E-state index contributed by atoms with van der Waals surface area (Å²) in [6.45, 7) is 1.66. The summed E-state index contributed by atoms with van der Waals surface area (Å²) in [4.78, 5) is 25.0. The molecule has 0 unspecified atom stereocenters. The summed E-state index contributed by atoms with van der Waals surface area (Å²) in [6, 6.07) is 6.34. The van der Waals surface area contributed by atoms with Gasteiger partial charge in [0.15, 0.2) is 0 Å². The number of primary amides is 1. The van der Waals surface area contributed by atoms with E-state index in [1.807, 2.05) is 4.90 Å². The van der Waals surface area contributed by atoms with Crippen LogP contribution in [0.4, 0.5) is 4.39 Å². The molecule has 2 rings (SSSR count). The quantitative estimate of drug-likeness (QED) is 0.836. The summed E-state index contributed by atoms with van der Waals surface area (Å²) in [5, 5.41) is 2.69. The van der Waals surface area contributed by atoms with Gasteiger partial charge in [0, 0.05) is 18.7 Å². The molecule has 114 valence electrons. The first-order valence-electron chi connectivity index (χ1n) is 7.08. The lowest BCUT2D eigenvalue weighted by molar-refractivity contribution is -0.126. The van der Waals surface area contributed by atoms with Crippen molar-refractivity contribution >= 4 is 11.8 Å². The van der Waals surface area contributed by atoms with Gasteiger partial charge in [0.25, 0.3) is 0 Å². The summed E-state index contributed by atoms with van der Waals surface area (Å²) < 4.78 is 13.4. The van der Waals surface area contributed by atoms with E-state index in [0.717, 1.165) is 19.4 Å². The average molecular weight is 293 g/mol. The summed E-state index contributed by atoms with van der Waals surface area (Å²) in [7, 11) is 0. The molecule has 0 radical (unpaired) electrons. The fraction of sp³-hybridized carbons (Fsp3) is 0.467. The molecule has 2 amide bonds. The molecule has 6 heteroatoms. The zero-order valence-electron chi connectivity index (χ0n) is 11.8. The maximum Gasteiger partial charge on any atom is 0.234 e. The molecule has 1 atom stereocenters. The highest BCUT2D eigenvalue weighted by atomic mass is 19.1. The number of carbonyl (C=O) groups excluding carboxylic acids is 2. The standard InChI is InChI=1S/C15H20FN3O2/c16-13-6-2-1-4-11(13)8-18-14(20)10-19-7-3-5-12(9-19)15(17)21/h1-2,4,6,12H,3,5,7-10H2,(H2,17,21)(H,18,20)/t12-/m0/s1. The molecule has 1 aromatic carbocycles. The number of hydrogen-bond acceptors (Lipinski definition) is 3. The number of nitrogens with zero attached hydrogens (tertiary/aromatic N) is 1. The molecule has 1 aromatic rings. The Balaban J connectivity index is 1.79. The minimum atomic E-state index is -0.329. The van der Waals surface area contributed by atoms with Crippen LogP contribution in [0.25, 0.3) is 0 Å². The molecule has 1 aliphatic heterocycles. The molecule has 1 heterocycles. The Morgan fingerprint density at radius 1 is 1.38 bits per heavy atom. The first-order chi connectivity index (χ1) is 10.1. The molecule has 0 saturated carbocycles. The molecule has 0 aromatic heterocycles. The Labute approximate surface area is 123 Å². The topological polar surface area (TPSA) is 75.4 Å². The summed E-state index contributed by atoms with van der Waals surface area (Å²) in [6.07, 6.45) is 1.64.